The molecule has 0 aliphatic heterocycles. The fourth-order valence-corrected chi connectivity index (χ4v) is 2.66. The van der Waals surface area contributed by atoms with Gasteiger partial charge in [-0.05, 0) is 29.8 Å². The first-order valence-corrected chi connectivity index (χ1v) is 7.79. The van der Waals surface area contributed by atoms with Gasteiger partial charge in [-0.1, -0.05) is 6.07 Å². The van der Waals surface area contributed by atoms with Crippen LogP contribution in [0, 0.1) is 0 Å². The number of rotatable bonds is 3. The van der Waals surface area contributed by atoms with Gasteiger partial charge in [0.1, 0.15) is 0 Å². The summed E-state index contributed by atoms with van der Waals surface area (Å²) >= 11 is 0. The molecule has 0 saturated carbocycles. The van der Waals surface area contributed by atoms with E-state index in [1.165, 1.54) is 18.3 Å². The van der Waals surface area contributed by atoms with Gasteiger partial charge in [-0.2, -0.15) is 5.10 Å². The monoisotopic (exact) mass is 346 g/mol. The molecule has 0 bridgehead atoms. The summed E-state index contributed by atoms with van der Waals surface area (Å²) in [4.78, 5) is 30.3. The zero-order chi connectivity index (χ0) is 18.1. The Morgan fingerprint density at radius 3 is 2.73 bits per heavy atom. The molecule has 0 fully saturated rings. The van der Waals surface area contributed by atoms with Crippen LogP contribution in [-0.2, 0) is 0 Å². The van der Waals surface area contributed by atoms with E-state index in [1.807, 2.05) is 24.3 Å². The highest BCUT2D eigenvalue weighted by Gasteiger charge is 2.15. The number of carbonyl (C=O) groups is 1. The molecule has 8 nitrogen and oxygen atoms in total. The van der Waals surface area contributed by atoms with Gasteiger partial charge in [0.2, 0.25) is 5.56 Å². The van der Waals surface area contributed by atoms with Crippen LogP contribution in [0.4, 0.5) is 11.4 Å². The second kappa shape index (κ2) is 6.17. The third-order valence-electron chi connectivity index (χ3n) is 3.91. The second-order valence-corrected chi connectivity index (χ2v) is 5.74. The highest BCUT2D eigenvalue weighted by Crippen LogP contribution is 2.26. The summed E-state index contributed by atoms with van der Waals surface area (Å²) in [5, 5.41) is 10.3. The third-order valence-corrected chi connectivity index (χ3v) is 3.91. The topological polar surface area (TPSA) is 130 Å². The quantitative estimate of drug-likeness (QED) is 0.451. The number of hydrogen-bond donors (Lipinski definition) is 4. The fraction of sp³-hybridized carbons (Fsp3) is 0. The molecule has 0 radical (unpaired) electrons. The summed E-state index contributed by atoms with van der Waals surface area (Å²) in [7, 11) is 0. The molecule has 1 aromatic carbocycles. The van der Waals surface area contributed by atoms with Crippen molar-refractivity contribution in [3.63, 3.8) is 0 Å². The number of H-pyrrole nitrogens is 2. The van der Waals surface area contributed by atoms with Crippen LogP contribution in [-0.4, -0.2) is 26.1 Å². The molecular formula is C18H14N6O2. The summed E-state index contributed by atoms with van der Waals surface area (Å²) in [5.41, 5.74) is 9.29. The Labute approximate surface area is 147 Å². The maximum atomic E-state index is 12.6. The van der Waals surface area contributed by atoms with Crippen LogP contribution in [0.25, 0.3) is 22.0 Å². The molecule has 1 amide bonds. The number of benzene rings is 1. The van der Waals surface area contributed by atoms with Gasteiger partial charge in [0, 0.05) is 35.6 Å². The summed E-state index contributed by atoms with van der Waals surface area (Å²) in [6, 6.07) is 10.3. The van der Waals surface area contributed by atoms with Gasteiger partial charge in [-0.15, -0.1) is 0 Å². The number of nitrogens with two attached hydrogens (primary N) is 1. The fourth-order valence-electron chi connectivity index (χ4n) is 2.66. The predicted octanol–water partition coefficient (Wildman–Crippen LogP) is 2.15. The van der Waals surface area contributed by atoms with Gasteiger partial charge in [0.25, 0.3) is 5.91 Å². The minimum atomic E-state index is -0.383. The number of nitrogens with zero attached hydrogens (tertiary/aromatic N) is 2. The highest BCUT2D eigenvalue weighted by atomic mass is 16.2. The van der Waals surface area contributed by atoms with Crippen molar-refractivity contribution < 1.29 is 4.79 Å². The van der Waals surface area contributed by atoms with Gasteiger partial charge < -0.3 is 16.0 Å². The molecule has 5 N–H and O–H groups in total. The van der Waals surface area contributed by atoms with Gasteiger partial charge in [0.15, 0.2) is 5.69 Å². The standard InChI is InChI=1S/C18H14N6O2/c19-12-5-11(7-20-8-12)10-1-3-15-14(6-10)17(24-23-15)18(26)22-13-2-4-16(25)21-9-13/h1-9H,19H2,(H,21,25)(H,22,26)(H,23,24). The number of amides is 1. The molecule has 0 saturated heterocycles. The van der Waals surface area contributed by atoms with E-state index in [2.05, 4.69) is 25.5 Å². The molecule has 4 rings (SSSR count). The van der Waals surface area contributed by atoms with E-state index < -0.39 is 0 Å². The average molecular weight is 346 g/mol. The number of nitrogens with one attached hydrogen (secondary N) is 3. The van der Waals surface area contributed by atoms with Gasteiger partial charge in [-0.25, -0.2) is 0 Å². The molecule has 3 aromatic heterocycles. The Morgan fingerprint density at radius 2 is 1.96 bits per heavy atom. The summed E-state index contributed by atoms with van der Waals surface area (Å²) < 4.78 is 0. The van der Waals surface area contributed by atoms with Crippen molar-refractivity contribution in [3.05, 3.63) is 71.0 Å². The molecule has 128 valence electrons. The number of nitrogen functional groups attached to an aromatic ring is 1. The lowest BCUT2D eigenvalue weighted by Gasteiger charge is -2.04. The highest BCUT2D eigenvalue weighted by molar-refractivity contribution is 6.11. The van der Waals surface area contributed by atoms with E-state index in [0.29, 0.717) is 16.8 Å². The molecule has 0 atom stereocenters. The maximum absolute atomic E-state index is 12.6. The molecular weight excluding hydrogens is 332 g/mol. The molecule has 4 aromatic rings. The first kappa shape index (κ1) is 15.6. The van der Waals surface area contributed by atoms with Crippen LogP contribution >= 0.6 is 0 Å². The number of aromatic nitrogens is 4. The lowest BCUT2D eigenvalue weighted by molar-refractivity contribution is 0.102. The Balaban J connectivity index is 1.71. The van der Waals surface area contributed by atoms with Gasteiger partial charge in [-0.3, -0.25) is 19.7 Å². The van der Waals surface area contributed by atoms with Gasteiger partial charge in [0.05, 0.1) is 16.9 Å². The Kier molecular flexibility index (Phi) is 3.70. The smallest absolute Gasteiger partial charge is 0.276 e. The summed E-state index contributed by atoms with van der Waals surface area (Å²) in [5.74, 6) is -0.383. The lowest BCUT2D eigenvalue weighted by atomic mass is 10.0. The van der Waals surface area contributed by atoms with Crippen molar-refractivity contribution in [2.45, 2.75) is 0 Å². The van der Waals surface area contributed by atoms with Crippen molar-refractivity contribution in [2.75, 3.05) is 11.1 Å². The number of anilines is 2. The number of pyridine rings is 2. The molecule has 0 aliphatic carbocycles. The van der Waals surface area contributed by atoms with Crippen molar-refractivity contribution in [1.29, 1.82) is 0 Å². The zero-order valence-corrected chi connectivity index (χ0v) is 13.5. The molecule has 0 unspecified atom stereocenters. The first-order chi connectivity index (χ1) is 12.6. The van der Waals surface area contributed by atoms with Crippen LogP contribution in [0.3, 0.4) is 0 Å². The maximum Gasteiger partial charge on any atom is 0.276 e. The molecule has 0 aliphatic rings. The van der Waals surface area contributed by atoms with Gasteiger partial charge >= 0.3 is 0 Å². The number of carbonyl (C=O) groups excluding carboxylic acids is 1. The van der Waals surface area contributed by atoms with E-state index in [1.54, 1.807) is 12.4 Å². The first-order valence-electron chi connectivity index (χ1n) is 7.79. The van der Waals surface area contributed by atoms with Crippen LogP contribution in [0.1, 0.15) is 10.5 Å². The van der Waals surface area contributed by atoms with Crippen LogP contribution < -0.4 is 16.6 Å². The van der Waals surface area contributed by atoms with Crippen molar-refractivity contribution in [3.8, 4) is 11.1 Å². The second-order valence-electron chi connectivity index (χ2n) is 5.74. The van der Waals surface area contributed by atoms with E-state index in [-0.39, 0.29) is 17.2 Å². The van der Waals surface area contributed by atoms with Crippen molar-refractivity contribution >= 4 is 28.2 Å². The predicted molar refractivity (Wildman–Crippen MR) is 98.8 cm³/mol. The third kappa shape index (κ3) is 2.91. The number of fused-ring (bicyclic) bond motifs is 1. The van der Waals surface area contributed by atoms with Crippen LogP contribution in [0.2, 0.25) is 0 Å². The Morgan fingerprint density at radius 1 is 1.08 bits per heavy atom. The van der Waals surface area contributed by atoms with Crippen LogP contribution in [0.15, 0.2) is 59.8 Å². The van der Waals surface area contributed by atoms with E-state index >= 15 is 0 Å². The minimum Gasteiger partial charge on any atom is -0.397 e. The summed E-state index contributed by atoms with van der Waals surface area (Å²) in [6.07, 6.45) is 4.71. The number of aromatic amines is 2. The zero-order valence-electron chi connectivity index (χ0n) is 13.5. The molecule has 26 heavy (non-hydrogen) atoms. The van der Waals surface area contributed by atoms with Crippen LogP contribution in [0.5, 0.6) is 0 Å². The van der Waals surface area contributed by atoms with E-state index in [9.17, 15) is 9.59 Å². The molecule has 0 spiro atoms. The Bertz CT molecular complexity index is 1160. The lowest BCUT2D eigenvalue weighted by Crippen LogP contribution is -2.14. The largest absolute Gasteiger partial charge is 0.397 e. The molecule has 8 heteroatoms. The van der Waals surface area contributed by atoms with E-state index in [4.69, 9.17) is 5.73 Å². The normalized spacial score (nSPS) is 10.8. The molecule has 3 heterocycles. The van der Waals surface area contributed by atoms with Crippen molar-refractivity contribution in [2.24, 2.45) is 0 Å². The minimum absolute atomic E-state index is 0.242. The average Bonchev–Trinajstić information content (AvgIpc) is 3.07. The SMILES string of the molecule is Nc1cncc(-c2ccc3[nH]nc(C(=O)Nc4ccc(=O)[nH]c4)c3c2)c1. The van der Waals surface area contributed by atoms with Crippen molar-refractivity contribution in [1.82, 2.24) is 20.2 Å². The Hall–Kier alpha value is -3.94. The van der Waals surface area contributed by atoms with E-state index in [0.717, 1.165) is 16.6 Å². The number of hydrogen-bond acceptors (Lipinski definition) is 5. The summed E-state index contributed by atoms with van der Waals surface area (Å²) in [6.45, 7) is 0.